The van der Waals surface area contributed by atoms with E-state index in [1.807, 2.05) is 55.5 Å². The first-order valence-corrected chi connectivity index (χ1v) is 9.10. The highest BCUT2D eigenvalue weighted by Gasteiger charge is 2.39. The SMILES string of the molecule is CCN1C(=O)c2ccccc2OP1(=S)c1ccccc1. The topological polar surface area (TPSA) is 29.5 Å². The fraction of sp³-hybridized carbons (Fsp3) is 0.133. The van der Waals surface area contributed by atoms with E-state index in [-0.39, 0.29) is 5.91 Å². The van der Waals surface area contributed by atoms with Crippen molar-refractivity contribution in [3.63, 3.8) is 0 Å². The molecule has 1 atom stereocenters. The lowest BCUT2D eigenvalue weighted by molar-refractivity contribution is 0.0851. The van der Waals surface area contributed by atoms with Crippen LogP contribution < -0.4 is 9.83 Å². The standard InChI is InChI=1S/C15H14NO2PS/c1-2-16-15(17)13-10-6-7-11-14(13)18-19(16,20)12-8-4-3-5-9-12/h3-11H,2H2,1H3. The van der Waals surface area contributed by atoms with Gasteiger partial charge in [0.15, 0.2) is 0 Å². The first kappa shape index (κ1) is 13.3. The number of fused-ring (bicyclic) bond motifs is 1. The number of amides is 1. The Hall–Kier alpha value is -1.64. The number of rotatable bonds is 2. The number of benzene rings is 2. The molecular weight excluding hydrogens is 289 g/mol. The zero-order valence-corrected chi connectivity index (χ0v) is 12.7. The number of para-hydroxylation sites is 1. The third-order valence-electron chi connectivity index (χ3n) is 3.27. The highest BCUT2D eigenvalue weighted by atomic mass is 32.4. The number of hydrogen-bond donors (Lipinski definition) is 0. The van der Waals surface area contributed by atoms with Crippen LogP contribution in [0.25, 0.3) is 0 Å². The third kappa shape index (κ3) is 1.96. The lowest BCUT2D eigenvalue weighted by Crippen LogP contribution is -2.37. The molecule has 2 aromatic carbocycles. The minimum atomic E-state index is -2.55. The van der Waals surface area contributed by atoms with Crippen LogP contribution in [0.2, 0.25) is 0 Å². The number of carbonyl (C=O) groups is 1. The van der Waals surface area contributed by atoms with Crippen molar-refractivity contribution in [1.82, 2.24) is 4.67 Å². The van der Waals surface area contributed by atoms with Gasteiger partial charge in [-0.3, -0.25) is 9.46 Å². The summed E-state index contributed by atoms with van der Waals surface area (Å²) in [6.45, 7) is 2.47. The highest BCUT2D eigenvalue weighted by molar-refractivity contribution is 8.15. The zero-order chi connectivity index (χ0) is 14.2. The van der Waals surface area contributed by atoms with Crippen molar-refractivity contribution >= 4 is 29.4 Å². The molecule has 1 heterocycles. The van der Waals surface area contributed by atoms with E-state index >= 15 is 0 Å². The van der Waals surface area contributed by atoms with Gasteiger partial charge in [-0.2, -0.15) is 0 Å². The van der Waals surface area contributed by atoms with Crippen LogP contribution in [0.15, 0.2) is 54.6 Å². The van der Waals surface area contributed by atoms with Gasteiger partial charge in [-0.1, -0.05) is 30.3 Å². The molecule has 1 aliphatic heterocycles. The van der Waals surface area contributed by atoms with Gasteiger partial charge >= 0.3 is 0 Å². The predicted octanol–water partition coefficient (Wildman–Crippen LogP) is 3.18. The summed E-state index contributed by atoms with van der Waals surface area (Å²) in [5.41, 5.74) is 0.589. The van der Waals surface area contributed by atoms with Crippen LogP contribution in [0.5, 0.6) is 5.75 Å². The molecule has 0 spiro atoms. The lowest BCUT2D eigenvalue weighted by atomic mass is 10.2. The van der Waals surface area contributed by atoms with Crippen molar-refractivity contribution in [2.24, 2.45) is 0 Å². The van der Waals surface area contributed by atoms with Crippen LogP contribution in [0, 0.1) is 0 Å². The summed E-state index contributed by atoms with van der Waals surface area (Å²) in [4.78, 5) is 12.6. The molecule has 1 aliphatic rings. The molecule has 2 aromatic rings. The van der Waals surface area contributed by atoms with E-state index in [2.05, 4.69) is 0 Å². The highest BCUT2D eigenvalue weighted by Crippen LogP contribution is 2.54. The Morgan fingerprint density at radius 2 is 1.75 bits per heavy atom. The van der Waals surface area contributed by atoms with E-state index in [0.29, 0.717) is 17.9 Å². The maximum atomic E-state index is 12.6. The van der Waals surface area contributed by atoms with Crippen molar-refractivity contribution < 1.29 is 9.32 Å². The van der Waals surface area contributed by atoms with Crippen molar-refractivity contribution in [3.05, 3.63) is 60.2 Å². The smallest absolute Gasteiger partial charge is 0.263 e. The minimum absolute atomic E-state index is 0.0402. The Morgan fingerprint density at radius 3 is 2.45 bits per heavy atom. The fourth-order valence-corrected chi connectivity index (χ4v) is 5.65. The molecule has 0 aliphatic carbocycles. The Bertz CT molecular complexity index is 702. The molecule has 1 unspecified atom stereocenters. The third-order valence-corrected chi connectivity index (χ3v) is 7.22. The normalized spacial score (nSPS) is 21.2. The van der Waals surface area contributed by atoms with Crippen LogP contribution in [0.1, 0.15) is 17.3 Å². The van der Waals surface area contributed by atoms with Gasteiger partial charge in [0.1, 0.15) is 5.75 Å². The largest absolute Gasteiger partial charge is 0.444 e. The van der Waals surface area contributed by atoms with Gasteiger partial charge in [0.2, 0.25) is 6.42 Å². The second-order valence-corrected chi connectivity index (χ2v) is 8.17. The van der Waals surface area contributed by atoms with Crippen LogP contribution >= 0.6 is 6.42 Å². The first-order valence-electron chi connectivity index (χ1n) is 6.43. The van der Waals surface area contributed by atoms with Gasteiger partial charge in [0.25, 0.3) is 5.91 Å². The maximum absolute atomic E-state index is 12.6. The fourth-order valence-electron chi connectivity index (χ4n) is 2.30. The maximum Gasteiger partial charge on any atom is 0.263 e. The second-order valence-electron chi connectivity index (χ2n) is 4.46. The number of nitrogens with zero attached hydrogens (tertiary/aromatic N) is 1. The molecule has 3 rings (SSSR count). The molecule has 5 heteroatoms. The van der Waals surface area contributed by atoms with Crippen molar-refractivity contribution in [3.8, 4) is 5.75 Å². The van der Waals surface area contributed by atoms with Gasteiger partial charge in [0.05, 0.1) is 5.56 Å². The molecule has 0 bridgehead atoms. The average molecular weight is 303 g/mol. The summed E-state index contributed by atoms with van der Waals surface area (Å²) >= 11 is 5.79. The predicted molar refractivity (Wildman–Crippen MR) is 84.1 cm³/mol. The summed E-state index contributed by atoms with van der Waals surface area (Å²) in [5.74, 6) is 0.552. The summed E-state index contributed by atoms with van der Waals surface area (Å²) in [6, 6.07) is 16.9. The molecule has 1 amide bonds. The summed E-state index contributed by atoms with van der Waals surface area (Å²) < 4.78 is 7.80. The Balaban J connectivity index is 2.18. The molecule has 0 radical (unpaired) electrons. The van der Waals surface area contributed by atoms with Gasteiger partial charge in [-0.05, 0) is 43.0 Å². The second kappa shape index (κ2) is 5.04. The molecule has 0 aromatic heterocycles. The molecule has 0 saturated heterocycles. The molecule has 3 nitrogen and oxygen atoms in total. The van der Waals surface area contributed by atoms with Gasteiger partial charge in [0, 0.05) is 11.8 Å². The van der Waals surface area contributed by atoms with Gasteiger partial charge < -0.3 is 4.52 Å². The molecule has 0 saturated carbocycles. The van der Waals surface area contributed by atoms with E-state index in [0.717, 1.165) is 5.30 Å². The van der Waals surface area contributed by atoms with Crippen LogP contribution in [-0.4, -0.2) is 17.1 Å². The lowest BCUT2D eigenvalue weighted by Gasteiger charge is -2.38. The number of hydrogen-bond acceptors (Lipinski definition) is 3. The van der Waals surface area contributed by atoms with Crippen molar-refractivity contribution in [2.45, 2.75) is 6.92 Å². The molecule has 0 N–H and O–H groups in total. The van der Waals surface area contributed by atoms with Crippen molar-refractivity contribution in [2.75, 3.05) is 6.54 Å². The van der Waals surface area contributed by atoms with E-state index in [9.17, 15) is 4.79 Å². The van der Waals surface area contributed by atoms with E-state index < -0.39 is 6.42 Å². The minimum Gasteiger partial charge on any atom is -0.444 e. The average Bonchev–Trinajstić information content (AvgIpc) is 2.48. The summed E-state index contributed by atoms with van der Waals surface area (Å²) in [7, 11) is 0. The molecular formula is C15H14NO2PS. The summed E-state index contributed by atoms with van der Waals surface area (Å²) in [6.07, 6.45) is -2.55. The molecule has 102 valence electrons. The van der Waals surface area contributed by atoms with Gasteiger partial charge in [-0.25, -0.2) is 0 Å². The van der Waals surface area contributed by atoms with Crippen LogP contribution in [0.3, 0.4) is 0 Å². The quantitative estimate of drug-likeness (QED) is 0.798. The van der Waals surface area contributed by atoms with Crippen LogP contribution in [0.4, 0.5) is 0 Å². The first-order chi connectivity index (χ1) is 9.66. The van der Waals surface area contributed by atoms with E-state index in [4.69, 9.17) is 16.3 Å². The van der Waals surface area contributed by atoms with E-state index in [1.54, 1.807) is 10.7 Å². The Morgan fingerprint density at radius 1 is 1.10 bits per heavy atom. The number of carbonyl (C=O) groups excluding carboxylic acids is 1. The van der Waals surface area contributed by atoms with Crippen molar-refractivity contribution in [1.29, 1.82) is 0 Å². The van der Waals surface area contributed by atoms with Crippen LogP contribution in [-0.2, 0) is 11.8 Å². The Kier molecular flexibility index (Phi) is 3.36. The monoisotopic (exact) mass is 303 g/mol. The van der Waals surface area contributed by atoms with E-state index in [1.165, 1.54) is 0 Å². The molecule has 0 fully saturated rings. The van der Waals surface area contributed by atoms with Gasteiger partial charge in [-0.15, -0.1) is 0 Å². The zero-order valence-electron chi connectivity index (χ0n) is 11.0. The summed E-state index contributed by atoms with van der Waals surface area (Å²) in [5, 5.41) is 0.903. The Labute approximate surface area is 123 Å². The molecule has 20 heavy (non-hydrogen) atoms.